The number of rotatable bonds is 1. The summed E-state index contributed by atoms with van der Waals surface area (Å²) in [7, 11) is 1.41. The smallest absolute Gasteiger partial charge is 0.311 e. The molecular formula is C21H26N2O4. The van der Waals surface area contributed by atoms with Crippen molar-refractivity contribution >= 4 is 16.9 Å². The molecule has 3 aliphatic rings. The number of aliphatic hydroxyl groups is 1. The van der Waals surface area contributed by atoms with Gasteiger partial charge in [-0.15, -0.1) is 0 Å². The number of carbonyl (C=O) groups excluding carboxylic acids is 1. The van der Waals surface area contributed by atoms with Crippen molar-refractivity contribution in [3.63, 3.8) is 0 Å². The van der Waals surface area contributed by atoms with Crippen LogP contribution in [0.4, 0.5) is 0 Å². The number of esters is 1. The maximum Gasteiger partial charge on any atom is 0.311 e. The Morgan fingerprint density at radius 2 is 2.19 bits per heavy atom. The lowest BCUT2D eigenvalue weighted by Crippen LogP contribution is -2.53. The summed E-state index contributed by atoms with van der Waals surface area (Å²) >= 11 is 0. The van der Waals surface area contributed by atoms with E-state index in [1.807, 2.05) is 6.07 Å². The number of hydrogen-bond donors (Lipinski definition) is 3. The molecule has 1 saturated carbocycles. The molecule has 1 saturated heterocycles. The number of H-pyrrole nitrogens is 1. The zero-order valence-electron chi connectivity index (χ0n) is 15.5. The lowest BCUT2D eigenvalue weighted by molar-refractivity contribution is -0.160. The van der Waals surface area contributed by atoms with Gasteiger partial charge in [-0.1, -0.05) is 0 Å². The topological polar surface area (TPSA) is 85.8 Å². The second-order valence-corrected chi connectivity index (χ2v) is 8.36. The summed E-state index contributed by atoms with van der Waals surface area (Å²) in [6.07, 6.45) is 2.89. The predicted molar refractivity (Wildman–Crippen MR) is 100 cm³/mol. The summed E-state index contributed by atoms with van der Waals surface area (Å²) in [4.78, 5) is 18.5. The Hall–Kier alpha value is -2.05. The molecule has 6 nitrogen and oxygen atoms in total. The molecule has 0 unspecified atom stereocenters. The number of piperidine rings is 1. The zero-order valence-corrected chi connectivity index (χ0v) is 15.5. The van der Waals surface area contributed by atoms with Crippen molar-refractivity contribution in [2.45, 2.75) is 37.8 Å². The van der Waals surface area contributed by atoms with Crippen LogP contribution >= 0.6 is 0 Å². The summed E-state index contributed by atoms with van der Waals surface area (Å²) in [6.45, 7) is 1.98. The first kappa shape index (κ1) is 17.1. The molecule has 5 atom stereocenters. The van der Waals surface area contributed by atoms with Crippen LogP contribution in [0.3, 0.4) is 0 Å². The van der Waals surface area contributed by atoms with Crippen LogP contribution < -0.4 is 0 Å². The highest BCUT2D eigenvalue weighted by molar-refractivity contribution is 5.86. The maximum atomic E-state index is 12.4. The molecule has 1 aromatic carbocycles. The van der Waals surface area contributed by atoms with Crippen molar-refractivity contribution < 1.29 is 19.7 Å². The van der Waals surface area contributed by atoms with E-state index in [-0.39, 0.29) is 23.7 Å². The van der Waals surface area contributed by atoms with Gasteiger partial charge in [-0.05, 0) is 55.2 Å². The highest BCUT2D eigenvalue weighted by Gasteiger charge is 2.49. The number of aromatic amines is 1. The number of aromatic nitrogens is 1. The number of hydrogen-bond acceptors (Lipinski definition) is 5. The van der Waals surface area contributed by atoms with Gasteiger partial charge >= 0.3 is 5.97 Å². The molecule has 0 amide bonds. The van der Waals surface area contributed by atoms with Gasteiger partial charge in [0.05, 0.1) is 25.2 Å². The van der Waals surface area contributed by atoms with Gasteiger partial charge in [0.25, 0.3) is 0 Å². The Bertz CT molecular complexity index is 892. The van der Waals surface area contributed by atoms with Crippen molar-refractivity contribution in [3.05, 3.63) is 29.5 Å². The zero-order chi connectivity index (χ0) is 18.7. The molecule has 0 spiro atoms. The summed E-state index contributed by atoms with van der Waals surface area (Å²) in [5.74, 6) is 0.151. The van der Waals surface area contributed by atoms with Gasteiger partial charge in [0, 0.05) is 35.8 Å². The fourth-order valence-corrected chi connectivity index (χ4v) is 5.85. The molecule has 1 aliphatic carbocycles. The second kappa shape index (κ2) is 6.24. The fraction of sp³-hybridized carbons (Fsp3) is 0.571. The molecule has 3 heterocycles. The number of nitrogens with one attached hydrogen (secondary N) is 1. The molecule has 2 fully saturated rings. The normalized spacial score (nSPS) is 33.2. The van der Waals surface area contributed by atoms with E-state index in [4.69, 9.17) is 4.74 Å². The molecule has 1 aromatic heterocycles. The monoisotopic (exact) mass is 370 g/mol. The molecule has 0 radical (unpaired) electrons. The summed E-state index contributed by atoms with van der Waals surface area (Å²) < 4.78 is 5.03. The van der Waals surface area contributed by atoms with Crippen LogP contribution in [-0.4, -0.2) is 52.4 Å². The van der Waals surface area contributed by atoms with Crippen LogP contribution in [0, 0.1) is 17.8 Å². The summed E-state index contributed by atoms with van der Waals surface area (Å²) in [5.41, 5.74) is 3.51. The molecule has 27 heavy (non-hydrogen) atoms. The highest BCUT2D eigenvalue weighted by atomic mass is 16.5. The number of fused-ring (bicyclic) bond motifs is 6. The predicted octanol–water partition coefficient (Wildman–Crippen LogP) is 2.35. The van der Waals surface area contributed by atoms with Crippen LogP contribution in [0.1, 0.15) is 36.6 Å². The van der Waals surface area contributed by atoms with Crippen LogP contribution in [-0.2, 0) is 16.0 Å². The molecular weight excluding hydrogens is 344 g/mol. The van der Waals surface area contributed by atoms with Crippen LogP contribution in [0.25, 0.3) is 10.9 Å². The maximum absolute atomic E-state index is 12.4. The molecule has 3 N–H and O–H groups in total. The third-order valence-corrected chi connectivity index (χ3v) is 7.10. The van der Waals surface area contributed by atoms with Gasteiger partial charge in [0.1, 0.15) is 5.75 Å². The number of benzene rings is 1. The van der Waals surface area contributed by atoms with E-state index in [2.05, 4.69) is 9.88 Å². The summed E-state index contributed by atoms with van der Waals surface area (Å²) in [6, 6.07) is 5.74. The molecule has 2 aliphatic heterocycles. The number of aromatic hydroxyl groups is 1. The average molecular weight is 370 g/mol. The lowest BCUT2D eigenvalue weighted by atomic mass is 9.65. The van der Waals surface area contributed by atoms with Crippen LogP contribution in [0.15, 0.2) is 18.2 Å². The number of phenols is 1. The van der Waals surface area contributed by atoms with Gasteiger partial charge < -0.3 is 19.9 Å². The fourth-order valence-electron chi connectivity index (χ4n) is 5.85. The number of aliphatic hydroxyl groups excluding tert-OH is 1. The van der Waals surface area contributed by atoms with Crippen molar-refractivity contribution in [2.75, 3.05) is 20.2 Å². The Morgan fingerprint density at radius 1 is 1.33 bits per heavy atom. The quantitative estimate of drug-likeness (QED) is 0.671. The largest absolute Gasteiger partial charge is 0.508 e. The number of phenolic OH excluding ortho intramolecular Hbond substituents is 1. The van der Waals surface area contributed by atoms with E-state index in [0.717, 1.165) is 37.9 Å². The van der Waals surface area contributed by atoms with E-state index in [9.17, 15) is 15.0 Å². The van der Waals surface area contributed by atoms with Crippen molar-refractivity contribution in [3.8, 4) is 5.75 Å². The molecule has 144 valence electrons. The minimum Gasteiger partial charge on any atom is -0.508 e. The third kappa shape index (κ3) is 2.57. The van der Waals surface area contributed by atoms with Gasteiger partial charge in [-0.25, -0.2) is 0 Å². The lowest BCUT2D eigenvalue weighted by Gasteiger charge is -2.50. The third-order valence-electron chi connectivity index (χ3n) is 7.10. The minimum atomic E-state index is -0.604. The summed E-state index contributed by atoms with van der Waals surface area (Å²) in [5, 5.41) is 21.5. The number of carbonyl (C=O) groups is 1. The second-order valence-electron chi connectivity index (χ2n) is 8.36. The average Bonchev–Trinajstić information content (AvgIpc) is 3.04. The first-order valence-corrected chi connectivity index (χ1v) is 9.90. The number of methoxy groups -OCH3 is 1. The minimum absolute atomic E-state index is 0.146. The van der Waals surface area contributed by atoms with Crippen molar-refractivity contribution in [1.82, 2.24) is 9.88 Å². The van der Waals surface area contributed by atoms with E-state index < -0.39 is 12.0 Å². The van der Waals surface area contributed by atoms with E-state index >= 15 is 0 Å². The first-order valence-electron chi connectivity index (χ1n) is 9.90. The van der Waals surface area contributed by atoms with Gasteiger partial charge in [-0.2, -0.15) is 0 Å². The Labute approximate surface area is 158 Å². The Kier molecular flexibility index (Phi) is 3.95. The van der Waals surface area contributed by atoms with Crippen LogP contribution in [0.2, 0.25) is 0 Å². The first-order chi connectivity index (χ1) is 13.1. The van der Waals surface area contributed by atoms with Gasteiger partial charge in [0.2, 0.25) is 0 Å². The van der Waals surface area contributed by atoms with Crippen molar-refractivity contribution in [2.24, 2.45) is 17.8 Å². The molecule has 0 bridgehead atoms. The number of ether oxygens (including phenoxy) is 1. The SMILES string of the molecule is COC(=O)[C@@H]1[C@@H]2C[C@H]3c4[nH]c5cc(O)ccc5c4CCN3C[C@@H]2CC[C@@H]1O. The number of nitrogens with zero attached hydrogens (tertiary/aromatic N) is 1. The Morgan fingerprint density at radius 3 is 3.00 bits per heavy atom. The van der Waals surface area contributed by atoms with Gasteiger partial charge in [-0.3, -0.25) is 9.69 Å². The molecule has 2 aromatic rings. The van der Waals surface area contributed by atoms with Crippen LogP contribution in [0.5, 0.6) is 5.75 Å². The standard InChI is InChI=1S/C21H26N2O4/c1-27-21(26)19-15-9-17-20-14(13-4-3-12(24)8-16(13)22-20)6-7-23(17)10-11(15)2-5-18(19)25/h3-4,8,11,15,17-19,22,24-25H,2,5-7,9-10H2,1H3/t11-,15+,17-,18-,19+/m0/s1. The van der Waals surface area contributed by atoms with Crippen molar-refractivity contribution in [1.29, 1.82) is 0 Å². The van der Waals surface area contributed by atoms with Gasteiger partial charge in [0.15, 0.2) is 0 Å². The van der Waals surface area contributed by atoms with E-state index in [1.54, 1.807) is 12.1 Å². The Balaban J connectivity index is 1.53. The molecule has 5 rings (SSSR count). The van der Waals surface area contributed by atoms with E-state index in [1.165, 1.54) is 23.8 Å². The molecule has 6 heteroatoms. The highest BCUT2D eigenvalue weighted by Crippen LogP contribution is 2.49. The van der Waals surface area contributed by atoms with E-state index in [0.29, 0.717) is 12.3 Å².